The molecule has 1 N–H and O–H groups in total. The highest BCUT2D eigenvalue weighted by molar-refractivity contribution is 5.77. The normalized spacial score (nSPS) is 12.2. The smallest absolute Gasteiger partial charge is 0.234 e. The Hall–Kier alpha value is -0.570. The van der Waals surface area contributed by atoms with Crippen molar-refractivity contribution in [1.82, 2.24) is 10.2 Å². The third-order valence-electron chi connectivity index (χ3n) is 3.41. The van der Waals surface area contributed by atoms with Gasteiger partial charge in [0, 0.05) is 6.54 Å². The summed E-state index contributed by atoms with van der Waals surface area (Å²) in [6, 6.07) is 0. The summed E-state index contributed by atoms with van der Waals surface area (Å²) in [6.07, 6.45) is 4.55. The SMILES string of the molecule is CCCCN(CCC(C)C)CC(=O)NCCC(C)(C)C. The third kappa shape index (κ3) is 12.5. The van der Waals surface area contributed by atoms with Crippen LogP contribution in [0.2, 0.25) is 0 Å². The summed E-state index contributed by atoms with van der Waals surface area (Å²) in [5.74, 6) is 0.872. The minimum Gasteiger partial charge on any atom is -0.355 e. The number of hydrogen-bond acceptors (Lipinski definition) is 2. The summed E-state index contributed by atoms with van der Waals surface area (Å²) in [6.45, 7) is 16.7. The van der Waals surface area contributed by atoms with Crippen molar-refractivity contribution in [3.05, 3.63) is 0 Å². The van der Waals surface area contributed by atoms with Crippen LogP contribution in [0, 0.1) is 11.3 Å². The molecule has 0 radical (unpaired) electrons. The van der Waals surface area contributed by atoms with Crippen LogP contribution in [0.3, 0.4) is 0 Å². The lowest BCUT2D eigenvalue weighted by Gasteiger charge is -2.23. The quantitative estimate of drug-likeness (QED) is 0.663. The van der Waals surface area contributed by atoms with E-state index in [1.807, 2.05) is 0 Å². The van der Waals surface area contributed by atoms with Crippen molar-refractivity contribution in [2.75, 3.05) is 26.2 Å². The van der Waals surface area contributed by atoms with Crippen LogP contribution in [0.25, 0.3) is 0 Å². The second-order valence-electron chi connectivity index (χ2n) is 7.47. The predicted octanol–water partition coefficient (Wildman–Crippen LogP) is 3.69. The average molecular weight is 284 g/mol. The van der Waals surface area contributed by atoms with Crippen LogP contribution in [-0.2, 0) is 4.79 Å². The second-order valence-corrected chi connectivity index (χ2v) is 7.47. The van der Waals surface area contributed by atoms with Gasteiger partial charge in [0.25, 0.3) is 0 Å². The zero-order valence-corrected chi connectivity index (χ0v) is 14.6. The zero-order valence-electron chi connectivity index (χ0n) is 14.6. The lowest BCUT2D eigenvalue weighted by molar-refractivity contribution is -0.122. The van der Waals surface area contributed by atoms with Crippen molar-refractivity contribution < 1.29 is 4.79 Å². The van der Waals surface area contributed by atoms with E-state index < -0.39 is 0 Å². The van der Waals surface area contributed by atoms with E-state index in [4.69, 9.17) is 0 Å². The fraction of sp³-hybridized carbons (Fsp3) is 0.941. The van der Waals surface area contributed by atoms with E-state index in [-0.39, 0.29) is 11.3 Å². The number of nitrogens with zero attached hydrogens (tertiary/aromatic N) is 1. The van der Waals surface area contributed by atoms with Crippen LogP contribution in [0.4, 0.5) is 0 Å². The molecule has 0 aromatic rings. The molecule has 0 unspecified atom stereocenters. The number of carbonyl (C=O) groups excluding carboxylic acids is 1. The van der Waals surface area contributed by atoms with E-state index >= 15 is 0 Å². The Labute approximate surface area is 126 Å². The van der Waals surface area contributed by atoms with Crippen LogP contribution in [0.15, 0.2) is 0 Å². The molecule has 0 spiro atoms. The highest BCUT2D eigenvalue weighted by atomic mass is 16.2. The van der Waals surface area contributed by atoms with Crippen molar-refractivity contribution in [3.63, 3.8) is 0 Å². The van der Waals surface area contributed by atoms with Gasteiger partial charge in [-0.25, -0.2) is 0 Å². The zero-order chi connectivity index (χ0) is 15.6. The molecule has 0 atom stereocenters. The largest absolute Gasteiger partial charge is 0.355 e. The number of hydrogen-bond donors (Lipinski definition) is 1. The molecule has 0 heterocycles. The number of rotatable bonds is 10. The van der Waals surface area contributed by atoms with Crippen LogP contribution in [-0.4, -0.2) is 37.0 Å². The molecule has 0 fully saturated rings. The summed E-state index contributed by atoms with van der Waals surface area (Å²) in [5.41, 5.74) is 0.285. The maximum atomic E-state index is 12.0. The van der Waals surface area contributed by atoms with Crippen molar-refractivity contribution in [1.29, 1.82) is 0 Å². The Morgan fingerprint density at radius 2 is 1.85 bits per heavy atom. The molecule has 0 aromatic heterocycles. The van der Waals surface area contributed by atoms with Gasteiger partial charge in [-0.1, -0.05) is 48.0 Å². The summed E-state index contributed by atoms with van der Waals surface area (Å²) < 4.78 is 0. The van der Waals surface area contributed by atoms with Gasteiger partial charge in [-0.3, -0.25) is 9.69 Å². The maximum absolute atomic E-state index is 12.0. The van der Waals surface area contributed by atoms with Crippen LogP contribution in [0.5, 0.6) is 0 Å². The molecule has 0 rings (SSSR count). The van der Waals surface area contributed by atoms with E-state index in [9.17, 15) is 4.79 Å². The average Bonchev–Trinajstić information content (AvgIpc) is 2.30. The molecule has 0 aliphatic carbocycles. The molecular formula is C17H36N2O. The molecule has 0 aliphatic rings. The van der Waals surface area contributed by atoms with Crippen LogP contribution < -0.4 is 5.32 Å². The highest BCUT2D eigenvalue weighted by Crippen LogP contribution is 2.16. The molecule has 3 nitrogen and oxygen atoms in total. The molecule has 1 amide bonds. The first kappa shape index (κ1) is 19.4. The topological polar surface area (TPSA) is 32.3 Å². The van der Waals surface area contributed by atoms with E-state index in [0.717, 1.165) is 26.1 Å². The first-order valence-electron chi connectivity index (χ1n) is 8.23. The van der Waals surface area contributed by atoms with Crippen molar-refractivity contribution in [3.8, 4) is 0 Å². The number of nitrogens with one attached hydrogen (secondary N) is 1. The molecule has 3 heteroatoms. The standard InChI is InChI=1S/C17H36N2O/c1-7-8-12-19(13-9-15(2)3)14-16(20)18-11-10-17(4,5)6/h15H,7-14H2,1-6H3,(H,18,20). The lowest BCUT2D eigenvalue weighted by atomic mass is 9.92. The summed E-state index contributed by atoms with van der Waals surface area (Å²) >= 11 is 0. The van der Waals surface area contributed by atoms with E-state index in [0.29, 0.717) is 12.5 Å². The Balaban J connectivity index is 4.03. The van der Waals surface area contributed by atoms with Gasteiger partial charge in [-0.2, -0.15) is 0 Å². The van der Waals surface area contributed by atoms with E-state index in [1.165, 1.54) is 19.3 Å². The molecule has 0 aromatic carbocycles. The van der Waals surface area contributed by atoms with Crippen LogP contribution >= 0.6 is 0 Å². The van der Waals surface area contributed by atoms with Gasteiger partial charge in [0.15, 0.2) is 0 Å². The number of unbranched alkanes of at least 4 members (excludes halogenated alkanes) is 1. The van der Waals surface area contributed by atoms with Gasteiger partial charge in [0.1, 0.15) is 0 Å². The maximum Gasteiger partial charge on any atom is 0.234 e. The van der Waals surface area contributed by atoms with Gasteiger partial charge >= 0.3 is 0 Å². The van der Waals surface area contributed by atoms with Gasteiger partial charge in [0.2, 0.25) is 5.91 Å². The summed E-state index contributed by atoms with van der Waals surface area (Å²) in [7, 11) is 0. The van der Waals surface area contributed by atoms with Crippen LogP contribution in [0.1, 0.15) is 67.2 Å². The fourth-order valence-corrected chi connectivity index (χ4v) is 1.93. The number of amides is 1. The molecule has 0 aliphatic heterocycles. The van der Waals surface area contributed by atoms with E-state index in [1.54, 1.807) is 0 Å². The first-order valence-corrected chi connectivity index (χ1v) is 8.23. The van der Waals surface area contributed by atoms with Gasteiger partial charge < -0.3 is 5.32 Å². The Morgan fingerprint density at radius 3 is 2.35 bits per heavy atom. The molecule has 20 heavy (non-hydrogen) atoms. The van der Waals surface area contributed by atoms with Crippen molar-refractivity contribution in [2.45, 2.75) is 67.2 Å². The summed E-state index contributed by atoms with van der Waals surface area (Å²) in [4.78, 5) is 14.3. The Morgan fingerprint density at radius 1 is 1.20 bits per heavy atom. The first-order chi connectivity index (χ1) is 9.24. The second kappa shape index (κ2) is 10.2. The molecule has 120 valence electrons. The monoisotopic (exact) mass is 284 g/mol. The fourth-order valence-electron chi connectivity index (χ4n) is 1.93. The van der Waals surface area contributed by atoms with E-state index in [2.05, 4.69) is 51.8 Å². The van der Waals surface area contributed by atoms with Gasteiger partial charge in [-0.15, -0.1) is 0 Å². The lowest BCUT2D eigenvalue weighted by Crippen LogP contribution is -2.39. The number of carbonyl (C=O) groups is 1. The van der Waals surface area contributed by atoms with Crippen molar-refractivity contribution in [2.24, 2.45) is 11.3 Å². The minimum atomic E-state index is 0.175. The minimum absolute atomic E-state index is 0.175. The highest BCUT2D eigenvalue weighted by Gasteiger charge is 2.13. The molecule has 0 saturated carbocycles. The predicted molar refractivity (Wildman–Crippen MR) is 87.9 cm³/mol. The third-order valence-corrected chi connectivity index (χ3v) is 3.41. The van der Waals surface area contributed by atoms with Gasteiger partial charge in [0.05, 0.1) is 6.54 Å². The van der Waals surface area contributed by atoms with Crippen molar-refractivity contribution >= 4 is 5.91 Å². The molecular weight excluding hydrogens is 248 g/mol. The molecule has 0 saturated heterocycles. The Bertz CT molecular complexity index is 256. The molecule has 0 bridgehead atoms. The Kier molecular flexibility index (Phi) is 9.91. The van der Waals surface area contributed by atoms with Gasteiger partial charge in [-0.05, 0) is 43.7 Å². The summed E-state index contributed by atoms with van der Waals surface area (Å²) in [5, 5.41) is 3.05.